The Kier molecular flexibility index (Phi) is 4.53. The Hall–Kier alpha value is -0.960. The van der Waals surface area contributed by atoms with Crippen molar-refractivity contribution in [3.63, 3.8) is 0 Å². The molecule has 0 radical (unpaired) electrons. The molecule has 1 heterocycles. The number of methoxy groups -OCH3 is 1. The molecule has 0 bridgehead atoms. The average Bonchev–Trinajstić information content (AvgIpc) is 2.60. The number of hydrogen-bond acceptors (Lipinski definition) is 5. The maximum Gasteiger partial charge on any atom is 0.139 e. The lowest BCUT2D eigenvalue weighted by Gasteiger charge is -2.07. The Morgan fingerprint density at radius 2 is 2.57 bits per heavy atom. The molecule has 0 saturated heterocycles. The van der Waals surface area contributed by atoms with E-state index in [4.69, 9.17) is 10.00 Å². The number of aryl methyl sites for hydroxylation is 1. The van der Waals surface area contributed by atoms with Crippen molar-refractivity contribution in [1.82, 2.24) is 10.3 Å². The summed E-state index contributed by atoms with van der Waals surface area (Å²) in [5, 5.41) is 14.8. The first-order valence-electron chi connectivity index (χ1n) is 4.32. The van der Waals surface area contributed by atoms with Gasteiger partial charge >= 0.3 is 0 Å². The minimum atomic E-state index is -0.324. The smallest absolute Gasteiger partial charge is 0.139 e. The topological polar surface area (TPSA) is 57.9 Å². The van der Waals surface area contributed by atoms with Gasteiger partial charge in [-0.3, -0.25) is 5.32 Å². The number of aromatic nitrogens is 1. The lowest BCUT2D eigenvalue weighted by atomic mass is 10.2. The lowest BCUT2D eigenvalue weighted by Crippen LogP contribution is -2.24. The van der Waals surface area contributed by atoms with Crippen molar-refractivity contribution < 1.29 is 4.74 Å². The second-order valence-corrected chi connectivity index (χ2v) is 3.86. The van der Waals surface area contributed by atoms with Gasteiger partial charge in [0.25, 0.3) is 0 Å². The molecule has 0 spiro atoms. The fourth-order valence-corrected chi connectivity index (χ4v) is 1.67. The van der Waals surface area contributed by atoms with Crippen LogP contribution >= 0.6 is 11.3 Å². The highest BCUT2D eigenvalue weighted by Gasteiger charge is 2.11. The molecule has 1 aromatic rings. The van der Waals surface area contributed by atoms with Crippen molar-refractivity contribution in [2.24, 2.45) is 0 Å². The van der Waals surface area contributed by atoms with Crippen molar-refractivity contribution in [1.29, 1.82) is 5.26 Å². The quantitative estimate of drug-likeness (QED) is 0.745. The molecule has 1 rings (SSSR count). The summed E-state index contributed by atoms with van der Waals surface area (Å²) in [5.74, 6) is 0. The Labute approximate surface area is 87.5 Å². The SMILES string of the molecule is COCCNC(C#N)c1csc(C)n1. The molecule has 0 aromatic carbocycles. The summed E-state index contributed by atoms with van der Waals surface area (Å²) in [4.78, 5) is 4.25. The van der Waals surface area contributed by atoms with Crippen LogP contribution in [0.3, 0.4) is 0 Å². The highest BCUT2D eigenvalue weighted by Crippen LogP contribution is 2.15. The van der Waals surface area contributed by atoms with Crippen LogP contribution in [-0.4, -0.2) is 25.2 Å². The van der Waals surface area contributed by atoms with Crippen LogP contribution in [0.4, 0.5) is 0 Å². The summed E-state index contributed by atoms with van der Waals surface area (Å²) in [5.41, 5.74) is 0.797. The van der Waals surface area contributed by atoms with Crippen LogP contribution in [0.2, 0.25) is 0 Å². The van der Waals surface area contributed by atoms with Gasteiger partial charge in [0.1, 0.15) is 6.04 Å². The van der Waals surface area contributed by atoms with E-state index in [-0.39, 0.29) is 6.04 Å². The van der Waals surface area contributed by atoms with E-state index in [0.29, 0.717) is 13.2 Å². The maximum absolute atomic E-state index is 8.90. The lowest BCUT2D eigenvalue weighted by molar-refractivity contribution is 0.197. The standard InChI is InChI=1S/C9H13N3OS/c1-7-12-9(6-14-7)8(5-10)11-3-4-13-2/h6,8,11H,3-4H2,1-2H3. The first-order valence-corrected chi connectivity index (χ1v) is 5.20. The largest absolute Gasteiger partial charge is 0.383 e. The molecule has 0 fully saturated rings. The van der Waals surface area contributed by atoms with E-state index >= 15 is 0 Å². The normalized spacial score (nSPS) is 12.4. The molecular weight excluding hydrogens is 198 g/mol. The molecular formula is C9H13N3OS. The van der Waals surface area contributed by atoms with Crippen molar-refractivity contribution in [3.8, 4) is 6.07 Å². The zero-order chi connectivity index (χ0) is 10.4. The molecule has 5 heteroatoms. The number of rotatable bonds is 5. The molecule has 76 valence electrons. The third kappa shape index (κ3) is 3.07. The van der Waals surface area contributed by atoms with Crippen LogP contribution in [0, 0.1) is 18.3 Å². The van der Waals surface area contributed by atoms with E-state index in [1.807, 2.05) is 12.3 Å². The zero-order valence-electron chi connectivity index (χ0n) is 8.28. The van der Waals surface area contributed by atoms with Gasteiger partial charge in [-0.1, -0.05) is 0 Å². The van der Waals surface area contributed by atoms with E-state index in [1.165, 1.54) is 0 Å². The maximum atomic E-state index is 8.90. The predicted molar refractivity (Wildman–Crippen MR) is 55.1 cm³/mol. The Balaban J connectivity index is 2.51. The van der Waals surface area contributed by atoms with Crippen LogP contribution in [0.25, 0.3) is 0 Å². The van der Waals surface area contributed by atoms with Crippen molar-refractivity contribution in [2.45, 2.75) is 13.0 Å². The monoisotopic (exact) mass is 211 g/mol. The number of nitrogens with zero attached hydrogens (tertiary/aromatic N) is 2. The third-order valence-electron chi connectivity index (χ3n) is 1.72. The van der Waals surface area contributed by atoms with E-state index < -0.39 is 0 Å². The van der Waals surface area contributed by atoms with E-state index in [2.05, 4.69) is 16.4 Å². The molecule has 1 atom stereocenters. The van der Waals surface area contributed by atoms with Gasteiger partial charge in [0.05, 0.1) is 23.4 Å². The Bertz CT molecular complexity index is 318. The summed E-state index contributed by atoms with van der Waals surface area (Å²) in [7, 11) is 1.63. The predicted octanol–water partition coefficient (Wildman–Crippen LogP) is 1.25. The second kappa shape index (κ2) is 5.70. The van der Waals surface area contributed by atoms with Crippen LogP contribution in [0.5, 0.6) is 0 Å². The van der Waals surface area contributed by atoms with Crippen LogP contribution in [-0.2, 0) is 4.74 Å². The number of thiazole rings is 1. The van der Waals surface area contributed by atoms with Crippen molar-refractivity contribution in [2.75, 3.05) is 20.3 Å². The number of ether oxygens (including phenoxy) is 1. The van der Waals surface area contributed by atoms with Crippen LogP contribution < -0.4 is 5.32 Å². The number of hydrogen-bond donors (Lipinski definition) is 1. The van der Waals surface area contributed by atoms with Gasteiger partial charge in [-0.25, -0.2) is 4.98 Å². The molecule has 4 nitrogen and oxygen atoms in total. The van der Waals surface area contributed by atoms with Gasteiger partial charge in [0.15, 0.2) is 0 Å². The molecule has 1 N–H and O–H groups in total. The molecule has 0 saturated carbocycles. The molecule has 1 aromatic heterocycles. The average molecular weight is 211 g/mol. The Morgan fingerprint density at radius 1 is 1.79 bits per heavy atom. The third-order valence-corrected chi connectivity index (χ3v) is 2.51. The van der Waals surface area contributed by atoms with Crippen LogP contribution in [0.15, 0.2) is 5.38 Å². The highest BCUT2D eigenvalue weighted by molar-refractivity contribution is 7.09. The molecule has 0 aliphatic heterocycles. The van der Waals surface area contributed by atoms with E-state index in [0.717, 1.165) is 10.7 Å². The first kappa shape index (κ1) is 11.1. The van der Waals surface area contributed by atoms with Crippen LogP contribution in [0.1, 0.15) is 16.7 Å². The fraction of sp³-hybridized carbons (Fsp3) is 0.556. The molecule has 0 amide bonds. The summed E-state index contributed by atoms with van der Waals surface area (Å²) >= 11 is 1.55. The van der Waals surface area contributed by atoms with Gasteiger partial charge in [-0.2, -0.15) is 5.26 Å². The van der Waals surface area contributed by atoms with Crippen molar-refractivity contribution >= 4 is 11.3 Å². The molecule has 0 aliphatic rings. The molecule has 1 unspecified atom stereocenters. The van der Waals surface area contributed by atoms with E-state index in [9.17, 15) is 0 Å². The number of nitriles is 1. The summed E-state index contributed by atoms with van der Waals surface area (Å²) < 4.78 is 4.89. The van der Waals surface area contributed by atoms with Crippen molar-refractivity contribution in [3.05, 3.63) is 16.1 Å². The summed E-state index contributed by atoms with van der Waals surface area (Å²) in [6.07, 6.45) is 0. The van der Waals surface area contributed by atoms with Gasteiger partial charge in [-0.05, 0) is 6.92 Å². The number of nitrogens with one attached hydrogen (secondary N) is 1. The van der Waals surface area contributed by atoms with Gasteiger partial charge < -0.3 is 4.74 Å². The Morgan fingerprint density at radius 3 is 3.07 bits per heavy atom. The molecule has 14 heavy (non-hydrogen) atoms. The van der Waals surface area contributed by atoms with Gasteiger partial charge in [0, 0.05) is 19.0 Å². The summed E-state index contributed by atoms with van der Waals surface area (Å²) in [6, 6.07) is 1.84. The molecule has 0 aliphatic carbocycles. The van der Waals surface area contributed by atoms with E-state index in [1.54, 1.807) is 18.4 Å². The summed E-state index contributed by atoms with van der Waals surface area (Å²) in [6.45, 7) is 3.18. The zero-order valence-corrected chi connectivity index (χ0v) is 9.10. The highest BCUT2D eigenvalue weighted by atomic mass is 32.1. The van der Waals surface area contributed by atoms with Gasteiger partial charge in [0.2, 0.25) is 0 Å². The second-order valence-electron chi connectivity index (χ2n) is 2.80. The fourth-order valence-electron chi connectivity index (χ4n) is 1.03. The first-order chi connectivity index (χ1) is 6.77. The minimum Gasteiger partial charge on any atom is -0.383 e. The minimum absolute atomic E-state index is 0.324. The van der Waals surface area contributed by atoms with Gasteiger partial charge in [-0.15, -0.1) is 11.3 Å².